The molecular weight excluding hydrogens is 146 g/mol. The van der Waals surface area contributed by atoms with E-state index in [1.807, 2.05) is 0 Å². The lowest BCUT2D eigenvalue weighted by Crippen LogP contribution is -2.36. The van der Waals surface area contributed by atoms with Crippen LogP contribution in [-0.4, -0.2) is 6.04 Å². The Labute approximate surface area is 75.3 Å². The number of nitrogens with two attached hydrogens (primary N) is 1. The topological polar surface area (TPSA) is 26.0 Å². The average molecular weight is 165 g/mol. The minimum Gasteiger partial charge on any atom is -0.324 e. The van der Waals surface area contributed by atoms with Gasteiger partial charge in [0.1, 0.15) is 0 Å². The van der Waals surface area contributed by atoms with Gasteiger partial charge in [0.25, 0.3) is 0 Å². The largest absolute Gasteiger partial charge is 0.324 e. The van der Waals surface area contributed by atoms with E-state index >= 15 is 0 Å². The Morgan fingerprint density at radius 1 is 1.33 bits per heavy atom. The minimum atomic E-state index is 0.204. The second-order valence-electron chi connectivity index (χ2n) is 4.64. The molecule has 1 heteroatoms. The standard InChI is InChI=1S/C11H19N/c1-8-6-5-7-9(10(8)12)11(2,3)4/h5-8,10H,12H2,1-4H3. The maximum Gasteiger partial charge on any atom is 0.0323 e. The van der Waals surface area contributed by atoms with Crippen LogP contribution in [0, 0.1) is 11.3 Å². The Kier molecular flexibility index (Phi) is 2.43. The van der Waals surface area contributed by atoms with Crippen molar-refractivity contribution in [3.8, 4) is 0 Å². The van der Waals surface area contributed by atoms with Crippen LogP contribution in [0.1, 0.15) is 27.7 Å². The summed E-state index contributed by atoms with van der Waals surface area (Å²) >= 11 is 0. The van der Waals surface area contributed by atoms with Gasteiger partial charge >= 0.3 is 0 Å². The van der Waals surface area contributed by atoms with Gasteiger partial charge in [-0.25, -0.2) is 0 Å². The number of allylic oxidation sites excluding steroid dienone is 2. The van der Waals surface area contributed by atoms with Crippen LogP contribution in [-0.2, 0) is 0 Å². The molecule has 0 saturated heterocycles. The number of hydrogen-bond donors (Lipinski definition) is 1. The Morgan fingerprint density at radius 3 is 2.33 bits per heavy atom. The van der Waals surface area contributed by atoms with E-state index in [-0.39, 0.29) is 11.5 Å². The molecule has 2 unspecified atom stereocenters. The molecule has 0 amide bonds. The van der Waals surface area contributed by atoms with Gasteiger partial charge in [-0.15, -0.1) is 0 Å². The highest BCUT2D eigenvalue weighted by molar-refractivity contribution is 5.29. The molecule has 1 nitrogen and oxygen atoms in total. The van der Waals surface area contributed by atoms with Crippen LogP contribution in [0.4, 0.5) is 0 Å². The molecule has 2 N–H and O–H groups in total. The van der Waals surface area contributed by atoms with Crippen molar-refractivity contribution in [1.29, 1.82) is 0 Å². The Morgan fingerprint density at radius 2 is 1.92 bits per heavy atom. The summed E-state index contributed by atoms with van der Waals surface area (Å²) in [5.41, 5.74) is 7.65. The molecular formula is C11H19N. The highest BCUT2D eigenvalue weighted by atomic mass is 14.7. The molecule has 12 heavy (non-hydrogen) atoms. The highest BCUT2D eigenvalue weighted by Crippen LogP contribution is 2.32. The molecule has 0 spiro atoms. The van der Waals surface area contributed by atoms with Gasteiger partial charge in [-0.2, -0.15) is 0 Å². The summed E-state index contributed by atoms with van der Waals surface area (Å²) in [5, 5.41) is 0. The quantitative estimate of drug-likeness (QED) is 0.586. The van der Waals surface area contributed by atoms with Gasteiger partial charge in [0, 0.05) is 6.04 Å². The van der Waals surface area contributed by atoms with Gasteiger partial charge in [0.2, 0.25) is 0 Å². The third kappa shape index (κ3) is 1.78. The van der Waals surface area contributed by atoms with Crippen molar-refractivity contribution in [2.24, 2.45) is 17.1 Å². The summed E-state index contributed by atoms with van der Waals surface area (Å²) in [6.45, 7) is 8.81. The third-order valence-electron chi connectivity index (χ3n) is 2.48. The number of hydrogen-bond acceptors (Lipinski definition) is 1. The molecule has 0 aromatic carbocycles. The van der Waals surface area contributed by atoms with Gasteiger partial charge < -0.3 is 5.73 Å². The SMILES string of the molecule is CC1C=CC=C(C(C)(C)C)C1N. The van der Waals surface area contributed by atoms with Crippen molar-refractivity contribution >= 4 is 0 Å². The smallest absolute Gasteiger partial charge is 0.0323 e. The molecule has 0 aliphatic heterocycles. The van der Waals surface area contributed by atoms with Crippen molar-refractivity contribution in [2.45, 2.75) is 33.7 Å². The van der Waals surface area contributed by atoms with Gasteiger partial charge in [-0.05, 0) is 16.9 Å². The van der Waals surface area contributed by atoms with E-state index < -0.39 is 0 Å². The van der Waals surface area contributed by atoms with E-state index in [2.05, 4.69) is 45.9 Å². The van der Waals surface area contributed by atoms with E-state index in [0.29, 0.717) is 5.92 Å². The van der Waals surface area contributed by atoms with Gasteiger partial charge in [0.05, 0.1) is 0 Å². The van der Waals surface area contributed by atoms with Crippen LogP contribution < -0.4 is 5.73 Å². The van der Waals surface area contributed by atoms with Crippen LogP contribution in [0.15, 0.2) is 23.8 Å². The van der Waals surface area contributed by atoms with Crippen LogP contribution >= 0.6 is 0 Å². The molecule has 0 aromatic rings. The lowest BCUT2D eigenvalue weighted by atomic mass is 9.76. The molecule has 0 fully saturated rings. The first-order valence-corrected chi connectivity index (χ1v) is 4.57. The summed E-state index contributed by atoms with van der Waals surface area (Å²) in [6.07, 6.45) is 6.44. The highest BCUT2D eigenvalue weighted by Gasteiger charge is 2.26. The van der Waals surface area contributed by atoms with E-state index in [1.165, 1.54) is 5.57 Å². The van der Waals surface area contributed by atoms with E-state index in [4.69, 9.17) is 5.73 Å². The molecule has 0 radical (unpaired) electrons. The number of rotatable bonds is 0. The Bertz CT molecular complexity index is 218. The van der Waals surface area contributed by atoms with Crippen LogP contribution in [0.5, 0.6) is 0 Å². The Balaban J connectivity index is 2.90. The molecule has 1 rings (SSSR count). The molecule has 2 atom stereocenters. The maximum absolute atomic E-state index is 6.09. The first kappa shape index (κ1) is 9.53. The van der Waals surface area contributed by atoms with Crippen molar-refractivity contribution in [3.05, 3.63) is 23.8 Å². The fourth-order valence-corrected chi connectivity index (χ4v) is 1.60. The van der Waals surface area contributed by atoms with Crippen LogP contribution in [0.3, 0.4) is 0 Å². The minimum absolute atomic E-state index is 0.204. The summed E-state index contributed by atoms with van der Waals surface area (Å²) in [6, 6.07) is 0.204. The van der Waals surface area contributed by atoms with Gasteiger partial charge in [0.15, 0.2) is 0 Å². The van der Waals surface area contributed by atoms with Crippen LogP contribution in [0.25, 0.3) is 0 Å². The van der Waals surface area contributed by atoms with Crippen molar-refractivity contribution < 1.29 is 0 Å². The molecule has 0 aromatic heterocycles. The first-order valence-electron chi connectivity index (χ1n) is 4.57. The third-order valence-corrected chi connectivity index (χ3v) is 2.48. The fourth-order valence-electron chi connectivity index (χ4n) is 1.60. The normalized spacial score (nSPS) is 30.2. The van der Waals surface area contributed by atoms with Crippen LogP contribution in [0.2, 0.25) is 0 Å². The molecule has 0 bridgehead atoms. The van der Waals surface area contributed by atoms with Crippen molar-refractivity contribution in [3.63, 3.8) is 0 Å². The molecule has 0 heterocycles. The predicted octanol–water partition coefficient (Wildman–Crippen LogP) is 2.49. The molecule has 1 aliphatic rings. The molecule has 0 saturated carbocycles. The molecule has 68 valence electrons. The molecule has 1 aliphatic carbocycles. The van der Waals surface area contributed by atoms with E-state index in [1.54, 1.807) is 0 Å². The zero-order chi connectivity index (χ0) is 9.35. The van der Waals surface area contributed by atoms with Gasteiger partial charge in [-0.1, -0.05) is 45.9 Å². The summed E-state index contributed by atoms with van der Waals surface area (Å²) in [4.78, 5) is 0. The summed E-state index contributed by atoms with van der Waals surface area (Å²) in [7, 11) is 0. The lowest BCUT2D eigenvalue weighted by molar-refractivity contribution is 0.427. The summed E-state index contributed by atoms with van der Waals surface area (Å²) in [5.74, 6) is 0.476. The van der Waals surface area contributed by atoms with E-state index in [9.17, 15) is 0 Å². The first-order chi connectivity index (χ1) is 5.43. The zero-order valence-electron chi connectivity index (χ0n) is 8.46. The fraction of sp³-hybridized carbons (Fsp3) is 0.636. The zero-order valence-corrected chi connectivity index (χ0v) is 8.46. The van der Waals surface area contributed by atoms with Crippen molar-refractivity contribution in [2.75, 3.05) is 0 Å². The van der Waals surface area contributed by atoms with E-state index in [0.717, 1.165) is 0 Å². The van der Waals surface area contributed by atoms with Crippen molar-refractivity contribution in [1.82, 2.24) is 0 Å². The lowest BCUT2D eigenvalue weighted by Gasteiger charge is -2.32. The van der Waals surface area contributed by atoms with Gasteiger partial charge in [-0.3, -0.25) is 0 Å². The monoisotopic (exact) mass is 165 g/mol. The predicted molar refractivity (Wildman–Crippen MR) is 53.8 cm³/mol. The second kappa shape index (κ2) is 3.06. The maximum atomic E-state index is 6.09. The average Bonchev–Trinajstić information content (AvgIpc) is 1.92. The summed E-state index contributed by atoms with van der Waals surface area (Å²) < 4.78 is 0. The second-order valence-corrected chi connectivity index (χ2v) is 4.64. The Hall–Kier alpha value is -0.560.